The third-order valence-electron chi connectivity index (χ3n) is 5.23. The van der Waals surface area contributed by atoms with Gasteiger partial charge in [-0.25, -0.2) is 4.79 Å². The van der Waals surface area contributed by atoms with E-state index in [9.17, 15) is 24.3 Å². The van der Waals surface area contributed by atoms with Gasteiger partial charge in [0.1, 0.15) is 11.6 Å². The molecule has 1 aromatic carbocycles. The molecule has 39 heavy (non-hydrogen) atoms. The van der Waals surface area contributed by atoms with Gasteiger partial charge in [-0.3, -0.25) is 14.4 Å². The zero-order chi connectivity index (χ0) is 30.2. The highest BCUT2D eigenvalue weighted by atomic mass is 16.7. The van der Waals surface area contributed by atoms with Crippen LogP contribution in [-0.4, -0.2) is 47.4 Å². The van der Waals surface area contributed by atoms with E-state index in [-0.39, 0.29) is 60.5 Å². The number of nitrogens with two attached hydrogens (primary N) is 1. The number of carboxylic acids is 1. The third kappa shape index (κ3) is 13.5. The molecule has 1 rings (SSSR count). The van der Waals surface area contributed by atoms with Gasteiger partial charge < -0.3 is 29.8 Å². The van der Waals surface area contributed by atoms with Crippen molar-refractivity contribution in [2.45, 2.75) is 99.6 Å². The van der Waals surface area contributed by atoms with E-state index in [1.165, 1.54) is 19.1 Å². The Morgan fingerprint density at radius 3 is 1.85 bits per heavy atom. The molecule has 0 aliphatic heterocycles. The first-order chi connectivity index (χ1) is 17.7. The summed E-state index contributed by atoms with van der Waals surface area (Å²) >= 11 is 0. The highest BCUT2D eigenvalue weighted by Gasteiger charge is 2.37. The summed E-state index contributed by atoms with van der Waals surface area (Å²) in [6.45, 7) is 16.8. The van der Waals surface area contributed by atoms with E-state index in [2.05, 4.69) is 0 Å². The Hall–Kier alpha value is -3.14. The minimum atomic E-state index is -1.82. The molecule has 0 aromatic heterocycles. The van der Waals surface area contributed by atoms with Gasteiger partial charge in [-0.15, -0.1) is 0 Å². The van der Waals surface area contributed by atoms with Crippen LogP contribution in [0.4, 0.5) is 4.79 Å². The van der Waals surface area contributed by atoms with E-state index in [0.717, 1.165) is 0 Å². The van der Waals surface area contributed by atoms with Gasteiger partial charge in [-0.2, -0.15) is 0 Å². The molecule has 0 saturated heterocycles. The van der Waals surface area contributed by atoms with Crippen LogP contribution in [0, 0.1) is 16.7 Å². The molecule has 3 N–H and O–H groups in total. The van der Waals surface area contributed by atoms with E-state index in [1.54, 1.807) is 6.07 Å². The first-order valence-electron chi connectivity index (χ1n) is 13.1. The summed E-state index contributed by atoms with van der Waals surface area (Å²) in [6, 6.07) is 4.43. The van der Waals surface area contributed by atoms with E-state index < -0.39 is 35.7 Å². The molecular formula is C29H45NO9. The van der Waals surface area contributed by atoms with Crippen molar-refractivity contribution in [3.8, 4) is 11.5 Å². The van der Waals surface area contributed by atoms with Crippen molar-refractivity contribution in [1.29, 1.82) is 0 Å². The highest BCUT2D eigenvalue weighted by Crippen LogP contribution is 2.33. The van der Waals surface area contributed by atoms with Gasteiger partial charge in [0.2, 0.25) is 0 Å². The number of benzene rings is 1. The summed E-state index contributed by atoms with van der Waals surface area (Å²) < 4.78 is 21.2. The predicted octanol–water partition coefficient (Wildman–Crippen LogP) is 5.28. The first kappa shape index (κ1) is 33.9. The lowest BCUT2D eigenvalue weighted by atomic mass is 9.86. The highest BCUT2D eigenvalue weighted by molar-refractivity contribution is 5.80. The second kappa shape index (κ2) is 13.8. The van der Waals surface area contributed by atoms with Crippen LogP contribution in [0.5, 0.6) is 11.5 Å². The Labute approximate surface area is 231 Å². The van der Waals surface area contributed by atoms with Gasteiger partial charge in [-0.05, 0) is 41.4 Å². The van der Waals surface area contributed by atoms with Crippen molar-refractivity contribution in [3.63, 3.8) is 0 Å². The van der Waals surface area contributed by atoms with Gasteiger partial charge >= 0.3 is 24.1 Å². The Bertz CT molecular complexity index is 1020. The zero-order valence-corrected chi connectivity index (χ0v) is 24.7. The second-order valence-electron chi connectivity index (χ2n) is 12.9. The summed E-state index contributed by atoms with van der Waals surface area (Å²) in [6.07, 6.45) is -1.92. The number of aliphatic carboxylic acids is 1. The molecule has 1 unspecified atom stereocenters. The summed E-state index contributed by atoms with van der Waals surface area (Å²) in [5.41, 5.74) is 4.20. The van der Waals surface area contributed by atoms with Crippen molar-refractivity contribution in [1.82, 2.24) is 0 Å². The summed E-state index contributed by atoms with van der Waals surface area (Å²) in [4.78, 5) is 49.2. The molecule has 0 radical (unpaired) electrons. The molecule has 0 aliphatic carbocycles. The van der Waals surface area contributed by atoms with Crippen molar-refractivity contribution in [2.75, 3.05) is 6.61 Å². The van der Waals surface area contributed by atoms with Crippen LogP contribution in [0.1, 0.15) is 87.1 Å². The van der Waals surface area contributed by atoms with Crippen molar-refractivity contribution >= 4 is 24.1 Å². The summed E-state index contributed by atoms with van der Waals surface area (Å²) in [5.74, 6) is -2.20. The number of carboxylic acid groups (broad SMARTS) is 1. The van der Waals surface area contributed by atoms with Crippen LogP contribution in [0.3, 0.4) is 0 Å². The number of esters is 2. The van der Waals surface area contributed by atoms with Crippen LogP contribution in [0.15, 0.2) is 18.2 Å². The molecular weight excluding hydrogens is 506 g/mol. The maximum absolute atomic E-state index is 12.6. The maximum Gasteiger partial charge on any atom is 0.508 e. The van der Waals surface area contributed by atoms with Gasteiger partial charge in [0, 0.05) is 12.8 Å². The van der Waals surface area contributed by atoms with Gasteiger partial charge in [0.25, 0.3) is 0 Å². The van der Waals surface area contributed by atoms with Gasteiger partial charge in [-0.1, -0.05) is 61.5 Å². The van der Waals surface area contributed by atoms with Crippen molar-refractivity contribution in [3.05, 3.63) is 23.8 Å². The minimum absolute atomic E-state index is 0.0155. The average Bonchev–Trinajstić information content (AvgIpc) is 2.71. The second-order valence-corrected chi connectivity index (χ2v) is 12.9. The molecule has 0 saturated carbocycles. The zero-order valence-electron chi connectivity index (χ0n) is 24.7. The standard InChI is InChI=1S/C29H45NO9/c1-18(2)17-36-26(35)37-19(3)13-29(30,25(33)34)14-20-10-11-21(38-23(31)15-27(4,5)6)22(12-20)39-24(32)16-28(7,8)9/h10-12,18-19H,13-17,30H2,1-9H3,(H,33,34)/t19-,29?/m0/s1. The number of rotatable bonds is 12. The monoisotopic (exact) mass is 551 g/mol. The number of carbonyl (C=O) groups excluding carboxylic acids is 3. The topological polar surface area (TPSA) is 151 Å². The van der Waals surface area contributed by atoms with Gasteiger partial charge in [0.05, 0.1) is 19.4 Å². The predicted molar refractivity (Wildman–Crippen MR) is 145 cm³/mol. The molecule has 0 heterocycles. The van der Waals surface area contributed by atoms with E-state index in [1.807, 2.05) is 55.4 Å². The molecule has 0 bridgehead atoms. The van der Waals surface area contributed by atoms with Gasteiger partial charge in [0.15, 0.2) is 11.5 Å². The maximum atomic E-state index is 12.6. The first-order valence-corrected chi connectivity index (χ1v) is 13.1. The molecule has 0 fully saturated rings. The Morgan fingerprint density at radius 2 is 1.38 bits per heavy atom. The average molecular weight is 552 g/mol. The smallest absolute Gasteiger partial charge is 0.480 e. The number of hydrogen-bond acceptors (Lipinski definition) is 9. The molecule has 1 aromatic rings. The lowest BCUT2D eigenvalue weighted by molar-refractivity contribution is -0.145. The van der Waals surface area contributed by atoms with E-state index in [0.29, 0.717) is 5.56 Å². The normalized spacial score (nSPS) is 14.2. The summed E-state index contributed by atoms with van der Waals surface area (Å²) in [7, 11) is 0. The van der Waals surface area contributed by atoms with Crippen molar-refractivity contribution < 1.29 is 43.2 Å². The molecule has 10 heteroatoms. The van der Waals surface area contributed by atoms with E-state index >= 15 is 0 Å². The Kier molecular flexibility index (Phi) is 12.0. The minimum Gasteiger partial charge on any atom is -0.480 e. The molecule has 220 valence electrons. The number of ether oxygens (including phenoxy) is 4. The fourth-order valence-electron chi connectivity index (χ4n) is 3.60. The Balaban J connectivity index is 3.20. The van der Waals surface area contributed by atoms with Crippen LogP contribution < -0.4 is 15.2 Å². The fraction of sp³-hybridized carbons (Fsp3) is 0.655. The van der Waals surface area contributed by atoms with Crippen molar-refractivity contribution in [2.24, 2.45) is 22.5 Å². The molecule has 0 aliphatic rings. The molecule has 0 spiro atoms. The number of carbonyl (C=O) groups is 4. The lowest BCUT2D eigenvalue weighted by Gasteiger charge is -2.28. The van der Waals surface area contributed by atoms with Crippen LogP contribution >= 0.6 is 0 Å². The third-order valence-corrected chi connectivity index (χ3v) is 5.23. The van der Waals surface area contributed by atoms with E-state index in [4.69, 9.17) is 24.7 Å². The SMILES string of the molecule is CC(C)COC(=O)O[C@@H](C)CC(N)(Cc1ccc(OC(=O)CC(C)(C)C)c(OC(=O)CC(C)(C)C)c1)C(=O)O. The van der Waals surface area contributed by atoms with Crippen LogP contribution in [-0.2, 0) is 30.3 Å². The van der Waals surface area contributed by atoms with Crippen LogP contribution in [0.25, 0.3) is 0 Å². The van der Waals surface area contributed by atoms with Crippen LogP contribution in [0.2, 0.25) is 0 Å². The number of hydrogen-bond donors (Lipinski definition) is 2. The fourth-order valence-corrected chi connectivity index (χ4v) is 3.60. The molecule has 0 amide bonds. The lowest BCUT2D eigenvalue weighted by Crippen LogP contribution is -2.52. The summed E-state index contributed by atoms with van der Waals surface area (Å²) in [5, 5.41) is 9.93. The molecule has 10 nitrogen and oxygen atoms in total. The molecule has 2 atom stereocenters. The largest absolute Gasteiger partial charge is 0.508 e. The Morgan fingerprint density at radius 1 is 0.872 bits per heavy atom. The quantitative estimate of drug-likeness (QED) is 0.259.